The number of halogens is 1. The van der Waals surface area contributed by atoms with Crippen molar-refractivity contribution in [3.05, 3.63) is 30.3 Å². The van der Waals surface area contributed by atoms with E-state index in [1.54, 1.807) is 0 Å². The Morgan fingerprint density at radius 2 is 1.88 bits per heavy atom. The maximum Gasteiger partial charge on any atom is 0.119 e. The van der Waals surface area contributed by atoms with Gasteiger partial charge in [-0.25, -0.2) is 0 Å². The molecule has 2 unspecified atom stereocenters. The van der Waals surface area contributed by atoms with Crippen LogP contribution in [-0.4, -0.2) is 11.9 Å². The molecule has 3 rings (SSSR count). The minimum absolute atomic E-state index is 0.530. The molecular weight excluding hydrogens is 276 g/mol. The Morgan fingerprint density at radius 1 is 1.18 bits per heavy atom. The quantitative estimate of drug-likeness (QED) is 0.737. The summed E-state index contributed by atoms with van der Waals surface area (Å²) in [5.74, 6) is 3.09. The molecule has 0 bridgehead atoms. The molecule has 2 saturated carbocycles. The fraction of sp³-hybridized carbons (Fsp3) is 0.600. The maximum absolute atomic E-state index is 5.82. The van der Waals surface area contributed by atoms with E-state index in [-0.39, 0.29) is 0 Å². The van der Waals surface area contributed by atoms with Gasteiger partial charge in [0, 0.05) is 5.33 Å². The lowest BCUT2D eigenvalue weighted by Crippen LogP contribution is -2.23. The van der Waals surface area contributed by atoms with Crippen molar-refractivity contribution in [1.29, 1.82) is 0 Å². The molecule has 0 radical (unpaired) electrons. The van der Waals surface area contributed by atoms with Crippen LogP contribution >= 0.6 is 15.9 Å². The number of alkyl halides is 1. The van der Waals surface area contributed by atoms with Gasteiger partial charge >= 0.3 is 0 Å². The fourth-order valence-corrected chi connectivity index (χ4v) is 4.03. The smallest absolute Gasteiger partial charge is 0.119 e. The Kier molecular flexibility index (Phi) is 3.16. The molecule has 2 aliphatic carbocycles. The SMILES string of the molecule is BrCC1(CCOc2ccccc2)CC2CC2C1. The van der Waals surface area contributed by atoms with E-state index >= 15 is 0 Å². The topological polar surface area (TPSA) is 9.23 Å². The molecule has 2 fully saturated rings. The van der Waals surface area contributed by atoms with Crippen molar-refractivity contribution in [3.8, 4) is 5.75 Å². The minimum atomic E-state index is 0.530. The minimum Gasteiger partial charge on any atom is -0.494 e. The Labute approximate surface area is 112 Å². The van der Waals surface area contributed by atoms with Crippen LogP contribution in [-0.2, 0) is 0 Å². The molecule has 2 atom stereocenters. The normalized spacial score (nSPS) is 34.4. The molecule has 2 heteroatoms. The molecule has 0 amide bonds. The number of para-hydroxylation sites is 1. The average Bonchev–Trinajstić information content (AvgIpc) is 2.99. The van der Waals surface area contributed by atoms with Crippen LogP contribution in [0.5, 0.6) is 5.75 Å². The summed E-state index contributed by atoms with van der Waals surface area (Å²) in [5.41, 5.74) is 0.530. The van der Waals surface area contributed by atoms with E-state index in [0.29, 0.717) is 5.41 Å². The second kappa shape index (κ2) is 4.64. The van der Waals surface area contributed by atoms with Crippen molar-refractivity contribution >= 4 is 15.9 Å². The number of rotatable bonds is 5. The van der Waals surface area contributed by atoms with Gasteiger partial charge in [0.2, 0.25) is 0 Å². The van der Waals surface area contributed by atoms with Gasteiger partial charge in [-0.1, -0.05) is 34.1 Å². The number of ether oxygens (including phenoxy) is 1. The Morgan fingerprint density at radius 3 is 2.53 bits per heavy atom. The van der Waals surface area contributed by atoms with Crippen molar-refractivity contribution in [2.75, 3.05) is 11.9 Å². The highest BCUT2D eigenvalue weighted by atomic mass is 79.9. The van der Waals surface area contributed by atoms with E-state index in [1.165, 1.54) is 25.7 Å². The summed E-state index contributed by atoms with van der Waals surface area (Å²) in [6, 6.07) is 10.2. The zero-order valence-corrected chi connectivity index (χ0v) is 11.7. The summed E-state index contributed by atoms with van der Waals surface area (Å²) in [6.07, 6.45) is 5.52. The van der Waals surface area contributed by atoms with Crippen LogP contribution in [0.25, 0.3) is 0 Å². The molecule has 0 N–H and O–H groups in total. The highest BCUT2D eigenvalue weighted by Crippen LogP contribution is 2.61. The molecule has 1 aromatic carbocycles. The van der Waals surface area contributed by atoms with Gasteiger partial charge in [-0.05, 0) is 55.1 Å². The summed E-state index contributed by atoms with van der Waals surface area (Å²) in [6.45, 7) is 0.856. The molecule has 2 aliphatic rings. The van der Waals surface area contributed by atoms with Gasteiger partial charge in [0.15, 0.2) is 0 Å². The molecular formula is C15H19BrO. The van der Waals surface area contributed by atoms with Crippen LogP contribution < -0.4 is 4.74 Å². The third kappa shape index (κ3) is 2.52. The second-order valence-electron chi connectivity index (χ2n) is 5.71. The molecule has 0 heterocycles. The lowest BCUT2D eigenvalue weighted by atomic mass is 9.82. The van der Waals surface area contributed by atoms with Crippen LogP contribution in [0.4, 0.5) is 0 Å². The number of hydrogen-bond donors (Lipinski definition) is 0. The van der Waals surface area contributed by atoms with Crippen LogP contribution in [0.15, 0.2) is 30.3 Å². The summed E-state index contributed by atoms with van der Waals surface area (Å²) in [4.78, 5) is 0. The molecule has 0 aliphatic heterocycles. The number of fused-ring (bicyclic) bond motifs is 1. The van der Waals surface area contributed by atoms with Crippen LogP contribution in [0.1, 0.15) is 25.7 Å². The maximum atomic E-state index is 5.82. The van der Waals surface area contributed by atoms with Crippen molar-refractivity contribution in [2.45, 2.75) is 25.7 Å². The van der Waals surface area contributed by atoms with E-state index in [1.807, 2.05) is 30.3 Å². The summed E-state index contributed by atoms with van der Waals surface area (Å²) < 4.78 is 5.82. The molecule has 0 aromatic heterocycles. The van der Waals surface area contributed by atoms with Gasteiger partial charge in [-0.15, -0.1) is 0 Å². The first-order valence-corrected chi connectivity index (χ1v) is 7.67. The van der Waals surface area contributed by atoms with Gasteiger partial charge in [0.05, 0.1) is 6.61 Å². The Hall–Kier alpha value is -0.500. The van der Waals surface area contributed by atoms with E-state index in [4.69, 9.17) is 4.74 Å². The zero-order valence-electron chi connectivity index (χ0n) is 10.1. The second-order valence-corrected chi connectivity index (χ2v) is 6.27. The standard InChI is InChI=1S/C15H19BrO/c16-11-15(9-12-8-13(12)10-15)6-7-17-14-4-2-1-3-5-14/h1-5,12-13H,6-11H2. The van der Waals surface area contributed by atoms with Gasteiger partial charge in [0.1, 0.15) is 5.75 Å². The van der Waals surface area contributed by atoms with Crippen molar-refractivity contribution < 1.29 is 4.74 Å². The molecule has 0 spiro atoms. The van der Waals surface area contributed by atoms with Gasteiger partial charge in [0.25, 0.3) is 0 Å². The predicted molar refractivity (Wildman–Crippen MR) is 73.6 cm³/mol. The Balaban J connectivity index is 1.50. The molecule has 0 saturated heterocycles. The van der Waals surface area contributed by atoms with Crippen LogP contribution in [0, 0.1) is 17.3 Å². The zero-order chi connectivity index (χ0) is 11.7. The largest absolute Gasteiger partial charge is 0.494 e. The summed E-state index contributed by atoms with van der Waals surface area (Å²) in [5, 5.41) is 1.14. The van der Waals surface area contributed by atoms with Crippen molar-refractivity contribution in [2.24, 2.45) is 17.3 Å². The van der Waals surface area contributed by atoms with E-state index < -0.39 is 0 Å². The summed E-state index contributed by atoms with van der Waals surface area (Å²) in [7, 11) is 0. The monoisotopic (exact) mass is 294 g/mol. The fourth-order valence-electron chi connectivity index (χ4n) is 3.29. The van der Waals surface area contributed by atoms with E-state index in [0.717, 1.165) is 29.5 Å². The highest BCUT2D eigenvalue weighted by Gasteiger charge is 2.52. The van der Waals surface area contributed by atoms with Gasteiger partial charge < -0.3 is 4.74 Å². The third-order valence-corrected chi connectivity index (χ3v) is 5.58. The van der Waals surface area contributed by atoms with Crippen molar-refractivity contribution in [3.63, 3.8) is 0 Å². The first kappa shape index (κ1) is 11.6. The van der Waals surface area contributed by atoms with Crippen molar-refractivity contribution in [1.82, 2.24) is 0 Å². The number of hydrogen-bond acceptors (Lipinski definition) is 1. The molecule has 92 valence electrons. The van der Waals surface area contributed by atoms with E-state index in [9.17, 15) is 0 Å². The molecule has 17 heavy (non-hydrogen) atoms. The molecule has 1 aromatic rings. The molecule has 1 nitrogen and oxygen atoms in total. The van der Waals surface area contributed by atoms with E-state index in [2.05, 4.69) is 15.9 Å². The van der Waals surface area contributed by atoms with Gasteiger partial charge in [-0.3, -0.25) is 0 Å². The predicted octanol–water partition coefficient (Wildman–Crippen LogP) is 4.27. The van der Waals surface area contributed by atoms with Crippen LogP contribution in [0.3, 0.4) is 0 Å². The summed E-state index contributed by atoms with van der Waals surface area (Å²) >= 11 is 3.71. The van der Waals surface area contributed by atoms with Crippen LogP contribution in [0.2, 0.25) is 0 Å². The third-order valence-electron chi connectivity index (χ3n) is 4.39. The lowest BCUT2D eigenvalue weighted by molar-refractivity contribution is 0.207. The number of benzene rings is 1. The highest BCUT2D eigenvalue weighted by molar-refractivity contribution is 9.09. The van der Waals surface area contributed by atoms with Gasteiger partial charge in [-0.2, -0.15) is 0 Å². The first-order valence-electron chi connectivity index (χ1n) is 6.55. The average molecular weight is 295 g/mol. The lowest BCUT2D eigenvalue weighted by Gasteiger charge is -2.28. The Bertz CT molecular complexity index is 366. The first-order chi connectivity index (χ1) is 8.31.